The molecule has 2 N–H and O–H groups in total. The Morgan fingerprint density at radius 2 is 2.05 bits per heavy atom. The number of rotatable bonds is 3. The summed E-state index contributed by atoms with van der Waals surface area (Å²) in [7, 11) is 1.44. The Morgan fingerprint density at radius 3 is 2.75 bits per heavy atom. The van der Waals surface area contributed by atoms with Crippen LogP contribution in [0.25, 0.3) is 0 Å². The third-order valence-electron chi connectivity index (χ3n) is 2.62. The van der Waals surface area contributed by atoms with Gasteiger partial charge in [-0.05, 0) is 36.4 Å². The van der Waals surface area contributed by atoms with Gasteiger partial charge in [0.15, 0.2) is 0 Å². The largest absolute Gasteiger partial charge is 0.507 e. The first-order valence-corrected chi connectivity index (χ1v) is 6.02. The maximum absolute atomic E-state index is 13.5. The molecule has 104 valence electrons. The van der Waals surface area contributed by atoms with Gasteiger partial charge in [0, 0.05) is 5.02 Å². The number of carbonyl (C=O) groups excluding carboxylic acids is 1. The molecular weight excluding hydrogens is 285 g/mol. The standard InChI is InChI=1S/C14H11ClFNO3/c1-20-9-3-5-13(18)10(7-9)14(19)17-12-6-8(15)2-4-11(12)16/h2-7,18H,1H3,(H,17,19). The first-order valence-electron chi connectivity index (χ1n) is 5.64. The van der Waals surface area contributed by atoms with Crippen molar-refractivity contribution in [1.29, 1.82) is 0 Å². The molecule has 0 fully saturated rings. The van der Waals surface area contributed by atoms with E-state index in [1.54, 1.807) is 0 Å². The molecule has 0 radical (unpaired) electrons. The second-order valence-corrected chi connectivity index (χ2v) is 4.40. The molecule has 0 atom stereocenters. The number of halogens is 2. The number of anilines is 1. The van der Waals surface area contributed by atoms with Crippen molar-refractivity contribution in [2.24, 2.45) is 0 Å². The summed E-state index contributed by atoms with van der Waals surface area (Å²) in [6.45, 7) is 0. The summed E-state index contributed by atoms with van der Waals surface area (Å²) in [6.07, 6.45) is 0. The molecule has 0 aliphatic heterocycles. The van der Waals surface area contributed by atoms with Crippen LogP contribution in [0.1, 0.15) is 10.4 Å². The van der Waals surface area contributed by atoms with Gasteiger partial charge < -0.3 is 15.2 Å². The van der Waals surface area contributed by atoms with E-state index in [1.807, 2.05) is 0 Å². The van der Waals surface area contributed by atoms with E-state index in [0.717, 1.165) is 6.07 Å². The highest BCUT2D eigenvalue weighted by atomic mass is 35.5. The molecule has 2 aromatic carbocycles. The Hall–Kier alpha value is -2.27. The average Bonchev–Trinajstić information content (AvgIpc) is 2.43. The fourth-order valence-electron chi connectivity index (χ4n) is 1.61. The lowest BCUT2D eigenvalue weighted by molar-refractivity contribution is 0.102. The normalized spacial score (nSPS) is 10.2. The molecule has 0 saturated heterocycles. The van der Waals surface area contributed by atoms with Crippen molar-refractivity contribution < 1.29 is 19.0 Å². The van der Waals surface area contributed by atoms with Crippen LogP contribution < -0.4 is 10.1 Å². The van der Waals surface area contributed by atoms with E-state index in [4.69, 9.17) is 16.3 Å². The van der Waals surface area contributed by atoms with Crippen LogP contribution in [-0.2, 0) is 0 Å². The predicted octanol–water partition coefficient (Wildman–Crippen LogP) is 3.45. The smallest absolute Gasteiger partial charge is 0.259 e. The lowest BCUT2D eigenvalue weighted by Crippen LogP contribution is -2.13. The van der Waals surface area contributed by atoms with Crippen molar-refractivity contribution in [3.63, 3.8) is 0 Å². The number of hydrogen-bond acceptors (Lipinski definition) is 3. The maximum Gasteiger partial charge on any atom is 0.259 e. The van der Waals surface area contributed by atoms with Crippen molar-refractivity contribution >= 4 is 23.2 Å². The molecule has 0 bridgehead atoms. The fourth-order valence-corrected chi connectivity index (χ4v) is 1.78. The lowest BCUT2D eigenvalue weighted by Gasteiger charge is -2.09. The van der Waals surface area contributed by atoms with Crippen LogP contribution in [0.3, 0.4) is 0 Å². The summed E-state index contributed by atoms with van der Waals surface area (Å²) >= 11 is 5.74. The minimum Gasteiger partial charge on any atom is -0.507 e. The van der Waals surface area contributed by atoms with Gasteiger partial charge >= 0.3 is 0 Å². The molecule has 0 spiro atoms. The number of hydrogen-bond donors (Lipinski definition) is 2. The zero-order valence-electron chi connectivity index (χ0n) is 10.5. The van der Waals surface area contributed by atoms with Gasteiger partial charge in [-0.3, -0.25) is 4.79 Å². The first-order chi connectivity index (χ1) is 9.51. The van der Waals surface area contributed by atoms with E-state index in [2.05, 4.69) is 5.32 Å². The van der Waals surface area contributed by atoms with Crippen molar-refractivity contribution in [1.82, 2.24) is 0 Å². The van der Waals surface area contributed by atoms with Crippen LogP contribution in [0, 0.1) is 5.82 Å². The molecule has 0 aliphatic carbocycles. The molecule has 4 nitrogen and oxygen atoms in total. The van der Waals surface area contributed by atoms with E-state index in [-0.39, 0.29) is 22.0 Å². The molecule has 0 heterocycles. The highest BCUT2D eigenvalue weighted by molar-refractivity contribution is 6.31. The van der Waals surface area contributed by atoms with E-state index in [0.29, 0.717) is 5.75 Å². The number of aromatic hydroxyl groups is 1. The molecule has 0 aromatic heterocycles. The monoisotopic (exact) mass is 295 g/mol. The molecule has 2 aromatic rings. The molecule has 20 heavy (non-hydrogen) atoms. The Kier molecular flexibility index (Phi) is 4.10. The summed E-state index contributed by atoms with van der Waals surface area (Å²) in [5.74, 6) is -1.11. The molecule has 0 unspecified atom stereocenters. The van der Waals surface area contributed by atoms with Crippen LogP contribution in [0.15, 0.2) is 36.4 Å². The number of methoxy groups -OCH3 is 1. The van der Waals surface area contributed by atoms with Gasteiger partial charge in [-0.1, -0.05) is 11.6 Å². The molecule has 6 heteroatoms. The second-order valence-electron chi connectivity index (χ2n) is 3.96. The minimum absolute atomic E-state index is 0.0243. The minimum atomic E-state index is -0.664. The number of benzene rings is 2. The summed E-state index contributed by atoms with van der Waals surface area (Å²) in [4.78, 5) is 12.0. The highest BCUT2D eigenvalue weighted by Crippen LogP contribution is 2.25. The van der Waals surface area contributed by atoms with Gasteiger partial charge in [0.25, 0.3) is 5.91 Å². The Morgan fingerprint density at radius 1 is 1.30 bits per heavy atom. The van der Waals surface area contributed by atoms with Crippen molar-refractivity contribution in [3.05, 3.63) is 52.8 Å². The molecule has 0 saturated carbocycles. The van der Waals surface area contributed by atoms with Crippen LogP contribution in [0.4, 0.5) is 10.1 Å². The number of nitrogens with one attached hydrogen (secondary N) is 1. The van der Waals surface area contributed by atoms with Gasteiger partial charge in [0.1, 0.15) is 17.3 Å². The van der Waals surface area contributed by atoms with Gasteiger partial charge in [0.05, 0.1) is 18.4 Å². The number of phenolic OH excluding ortho intramolecular Hbond substituents is 1. The Labute approximate surface area is 119 Å². The quantitative estimate of drug-likeness (QED) is 0.912. The number of ether oxygens (including phenoxy) is 1. The maximum atomic E-state index is 13.5. The lowest BCUT2D eigenvalue weighted by atomic mass is 10.1. The summed E-state index contributed by atoms with van der Waals surface area (Å²) in [6, 6.07) is 7.98. The van der Waals surface area contributed by atoms with E-state index >= 15 is 0 Å². The van der Waals surface area contributed by atoms with Gasteiger partial charge in [-0.15, -0.1) is 0 Å². The first kappa shape index (κ1) is 14.1. The molecule has 0 aliphatic rings. The summed E-state index contributed by atoms with van der Waals surface area (Å²) in [5.41, 5.74) is -0.0894. The number of carbonyl (C=O) groups is 1. The van der Waals surface area contributed by atoms with E-state index in [1.165, 1.54) is 37.4 Å². The van der Waals surface area contributed by atoms with E-state index < -0.39 is 11.7 Å². The zero-order chi connectivity index (χ0) is 14.7. The third-order valence-corrected chi connectivity index (χ3v) is 2.86. The van der Waals surface area contributed by atoms with Crippen molar-refractivity contribution in [3.8, 4) is 11.5 Å². The average molecular weight is 296 g/mol. The van der Waals surface area contributed by atoms with Crippen LogP contribution >= 0.6 is 11.6 Å². The highest BCUT2D eigenvalue weighted by Gasteiger charge is 2.14. The summed E-state index contributed by atoms with van der Waals surface area (Å²) in [5, 5.41) is 12.3. The van der Waals surface area contributed by atoms with Gasteiger partial charge in [0.2, 0.25) is 0 Å². The number of phenols is 1. The second kappa shape index (κ2) is 5.79. The van der Waals surface area contributed by atoms with Gasteiger partial charge in [-0.25, -0.2) is 4.39 Å². The molecule has 1 amide bonds. The topological polar surface area (TPSA) is 58.6 Å². The zero-order valence-corrected chi connectivity index (χ0v) is 11.2. The van der Waals surface area contributed by atoms with E-state index in [9.17, 15) is 14.3 Å². The predicted molar refractivity (Wildman–Crippen MR) is 74.0 cm³/mol. The third kappa shape index (κ3) is 3.00. The SMILES string of the molecule is COc1ccc(O)c(C(=O)Nc2cc(Cl)ccc2F)c1. The van der Waals surface area contributed by atoms with Crippen LogP contribution in [-0.4, -0.2) is 18.1 Å². The van der Waals surface area contributed by atoms with Crippen LogP contribution in [0.2, 0.25) is 5.02 Å². The van der Waals surface area contributed by atoms with Crippen molar-refractivity contribution in [2.75, 3.05) is 12.4 Å². The van der Waals surface area contributed by atoms with Crippen LogP contribution in [0.5, 0.6) is 11.5 Å². The van der Waals surface area contributed by atoms with Crippen molar-refractivity contribution in [2.45, 2.75) is 0 Å². The number of amides is 1. The Bertz CT molecular complexity index is 661. The molecule has 2 rings (SSSR count). The summed E-state index contributed by atoms with van der Waals surface area (Å²) < 4.78 is 18.5. The van der Waals surface area contributed by atoms with Gasteiger partial charge in [-0.2, -0.15) is 0 Å². The molecular formula is C14H11ClFNO3. The Balaban J connectivity index is 2.30. The fraction of sp³-hybridized carbons (Fsp3) is 0.0714.